The number of aliphatic hydroxyl groups excluding tert-OH is 2. The Morgan fingerprint density at radius 2 is 1.27 bits per heavy atom. The summed E-state index contributed by atoms with van der Waals surface area (Å²) >= 11 is 5.57. The van der Waals surface area contributed by atoms with E-state index in [2.05, 4.69) is 13.8 Å². The van der Waals surface area contributed by atoms with Gasteiger partial charge in [0.25, 0.3) is 0 Å². The number of ether oxygens (including phenoxy) is 2. The summed E-state index contributed by atoms with van der Waals surface area (Å²) in [6.45, 7) is 6.47. The first kappa shape index (κ1) is 20.6. The van der Waals surface area contributed by atoms with E-state index in [4.69, 9.17) is 21.1 Å². The third-order valence-electron chi connectivity index (χ3n) is 4.26. The number of hydrogen-bond donors (Lipinski definition) is 2. The molecule has 0 fully saturated rings. The smallest absolute Gasteiger partial charge is 0.119 e. The highest BCUT2D eigenvalue weighted by Crippen LogP contribution is 2.33. The lowest BCUT2D eigenvalue weighted by Gasteiger charge is -2.26. The van der Waals surface area contributed by atoms with Gasteiger partial charge in [0.1, 0.15) is 30.8 Å². The molecule has 2 aromatic carbocycles. The van der Waals surface area contributed by atoms with Crippen LogP contribution in [0.3, 0.4) is 0 Å². The molecule has 0 spiro atoms. The summed E-state index contributed by atoms with van der Waals surface area (Å²) in [6, 6.07) is 15.8. The Morgan fingerprint density at radius 1 is 0.846 bits per heavy atom. The van der Waals surface area contributed by atoms with Gasteiger partial charge in [0, 0.05) is 5.41 Å². The lowest BCUT2D eigenvalue weighted by molar-refractivity contribution is 0.122. The van der Waals surface area contributed by atoms with Crippen LogP contribution in [-0.4, -0.2) is 41.5 Å². The number of hydrogen-bond acceptors (Lipinski definition) is 4. The van der Waals surface area contributed by atoms with Gasteiger partial charge in [0.15, 0.2) is 0 Å². The van der Waals surface area contributed by atoms with Crippen LogP contribution < -0.4 is 9.47 Å². The van der Waals surface area contributed by atoms with Crippen LogP contribution in [0.2, 0.25) is 0 Å². The van der Waals surface area contributed by atoms with Crippen LogP contribution in [-0.2, 0) is 5.41 Å². The molecule has 0 saturated heterocycles. The van der Waals surface area contributed by atoms with E-state index in [1.807, 2.05) is 48.5 Å². The van der Waals surface area contributed by atoms with Gasteiger partial charge < -0.3 is 19.7 Å². The molecule has 0 aliphatic rings. The van der Waals surface area contributed by atoms with E-state index in [1.165, 1.54) is 0 Å². The summed E-state index contributed by atoms with van der Waals surface area (Å²) in [7, 11) is 0. The van der Waals surface area contributed by atoms with E-state index in [0.29, 0.717) is 5.75 Å². The van der Waals surface area contributed by atoms with Gasteiger partial charge >= 0.3 is 0 Å². The predicted octanol–water partition coefficient (Wildman–Crippen LogP) is 3.75. The molecule has 2 unspecified atom stereocenters. The van der Waals surface area contributed by atoms with Crippen LogP contribution in [0.1, 0.15) is 31.9 Å². The highest BCUT2D eigenvalue weighted by atomic mass is 35.5. The number of rotatable bonds is 9. The standard InChI is InChI=1S/C21H27ClO4/c1-15(23)13-25-19-8-4-16(5-9-19)21(2,3)17-6-10-20(11-7-17)26-14-18(24)12-22/h4-11,15,18,23-24H,12-14H2,1-3H3. The minimum atomic E-state index is -0.665. The van der Waals surface area contributed by atoms with Gasteiger partial charge in [0.05, 0.1) is 12.0 Å². The van der Waals surface area contributed by atoms with Crippen molar-refractivity contribution in [1.82, 2.24) is 0 Å². The zero-order chi connectivity index (χ0) is 19.2. The van der Waals surface area contributed by atoms with Crippen LogP contribution in [0.25, 0.3) is 0 Å². The van der Waals surface area contributed by atoms with Gasteiger partial charge in [-0.1, -0.05) is 38.1 Å². The van der Waals surface area contributed by atoms with Crippen LogP contribution in [0.15, 0.2) is 48.5 Å². The molecular formula is C21H27ClO4. The minimum absolute atomic E-state index is 0.155. The Morgan fingerprint density at radius 3 is 1.65 bits per heavy atom. The first-order chi connectivity index (χ1) is 12.3. The summed E-state index contributed by atoms with van der Waals surface area (Å²) < 4.78 is 11.0. The second-order valence-corrected chi connectivity index (χ2v) is 7.26. The number of aliphatic hydroxyl groups is 2. The van der Waals surface area contributed by atoms with Crippen LogP contribution in [0.5, 0.6) is 11.5 Å². The molecule has 0 saturated carbocycles. The van der Waals surface area contributed by atoms with E-state index in [1.54, 1.807) is 6.92 Å². The largest absolute Gasteiger partial charge is 0.491 e. The van der Waals surface area contributed by atoms with E-state index in [0.717, 1.165) is 16.9 Å². The molecule has 2 N–H and O–H groups in total. The monoisotopic (exact) mass is 378 g/mol. The Labute approximate surface area is 160 Å². The average Bonchev–Trinajstić information content (AvgIpc) is 2.65. The molecular weight excluding hydrogens is 352 g/mol. The van der Waals surface area contributed by atoms with Crippen molar-refractivity contribution in [3.8, 4) is 11.5 Å². The molecule has 26 heavy (non-hydrogen) atoms. The second-order valence-electron chi connectivity index (χ2n) is 6.95. The van der Waals surface area contributed by atoms with Crippen molar-refractivity contribution in [1.29, 1.82) is 0 Å². The molecule has 5 heteroatoms. The first-order valence-corrected chi connectivity index (χ1v) is 9.25. The van der Waals surface area contributed by atoms with Crippen molar-refractivity contribution >= 4 is 11.6 Å². The molecule has 0 aliphatic heterocycles. The van der Waals surface area contributed by atoms with Crippen molar-refractivity contribution in [3.05, 3.63) is 59.7 Å². The molecule has 0 amide bonds. The van der Waals surface area contributed by atoms with E-state index in [9.17, 15) is 10.2 Å². The lowest BCUT2D eigenvalue weighted by atomic mass is 9.78. The molecule has 2 aromatic rings. The van der Waals surface area contributed by atoms with Gasteiger partial charge in [0.2, 0.25) is 0 Å². The van der Waals surface area contributed by atoms with Gasteiger partial charge in [-0.15, -0.1) is 11.6 Å². The van der Waals surface area contributed by atoms with Crippen LogP contribution >= 0.6 is 11.6 Å². The average molecular weight is 379 g/mol. The normalized spacial score (nSPS) is 13.9. The third-order valence-corrected chi connectivity index (χ3v) is 4.62. The van der Waals surface area contributed by atoms with Gasteiger partial charge in [-0.05, 0) is 42.3 Å². The number of halogens is 1. The van der Waals surface area contributed by atoms with Crippen LogP contribution in [0.4, 0.5) is 0 Å². The Hall–Kier alpha value is -1.75. The lowest BCUT2D eigenvalue weighted by Crippen LogP contribution is -2.20. The molecule has 0 heterocycles. The number of alkyl halides is 1. The fourth-order valence-electron chi connectivity index (χ4n) is 2.56. The fourth-order valence-corrected chi connectivity index (χ4v) is 2.65. The maximum Gasteiger partial charge on any atom is 0.119 e. The van der Waals surface area contributed by atoms with Crippen molar-refractivity contribution in [2.45, 2.75) is 38.4 Å². The fraction of sp³-hybridized carbons (Fsp3) is 0.429. The summed E-state index contributed by atoms with van der Waals surface area (Å²) in [5, 5.41) is 18.8. The predicted molar refractivity (Wildman–Crippen MR) is 104 cm³/mol. The quantitative estimate of drug-likeness (QED) is 0.652. The molecule has 4 nitrogen and oxygen atoms in total. The number of benzene rings is 2. The van der Waals surface area contributed by atoms with Crippen molar-refractivity contribution < 1.29 is 19.7 Å². The molecule has 0 radical (unpaired) electrons. The van der Waals surface area contributed by atoms with Crippen molar-refractivity contribution in [3.63, 3.8) is 0 Å². The SMILES string of the molecule is CC(O)COc1ccc(C(C)(C)c2ccc(OCC(O)CCl)cc2)cc1. The summed E-state index contributed by atoms with van der Waals surface area (Å²) in [5.74, 6) is 1.60. The van der Waals surface area contributed by atoms with Crippen molar-refractivity contribution in [2.24, 2.45) is 0 Å². The Balaban J connectivity index is 2.06. The molecule has 142 valence electrons. The summed E-state index contributed by atoms with van der Waals surface area (Å²) in [5.41, 5.74) is 2.13. The van der Waals surface area contributed by atoms with Crippen LogP contribution in [0, 0.1) is 0 Å². The molecule has 0 aromatic heterocycles. The zero-order valence-electron chi connectivity index (χ0n) is 15.5. The Bertz CT molecular complexity index is 665. The van der Waals surface area contributed by atoms with Gasteiger partial charge in [-0.2, -0.15) is 0 Å². The molecule has 0 bridgehead atoms. The van der Waals surface area contributed by atoms with Crippen molar-refractivity contribution in [2.75, 3.05) is 19.1 Å². The highest BCUT2D eigenvalue weighted by molar-refractivity contribution is 6.18. The van der Waals surface area contributed by atoms with E-state index >= 15 is 0 Å². The maximum absolute atomic E-state index is 9.46. The minimum Gasteiger partial charge on any atom is -0.491 e. The van der Waals surface area contributed by atoms with Gasteiger partial charge in [-0.3, -0.25) is 0 Å². The van der Waals surface area contributed by atoms with Gasteiger partial charge in [-0.25, -0.2) is 0 Å². The zero-order valence-corrected chi connectivity index (χ0v) is 16.2. The first-order valence-electron chi connectivity index (χ1n) is 8.71. The second kappa shape index (κ2) is 9.26. The topological polar surface area (TPSA) is 58.9 Å². The maximum atomic E-state index is 9.46. The molecule has 2 atom stereocenters. The summed E-state index contributed by atoms with van der Waals surface area (Å²) in [6.07, 6.45) is -1.15. The molecule has 2 rings (SSSR count). The summed E-state index contributed by atoms with van der Waals surface area (Å²) in [4.78, 5) is 0. The third kappa shape index (κ3) is 5.63. The van der Waals surface area contributed by atoms with E-state index in [-0.39, 0.29) is 24.5 Å². The van der Waals surface area contributed by atoms with E-state index < -0.39 is 12.2 Å². The molecule has 0 aliphatic carbocycles. The highest BCUT2D eigenvalue weighted by Gasteiger charge is 2.23. The Kier molecular flexibility index (Phi) is 7.33.